The molecule has 138 valence electrons. The molecule has 0 radical (unpaired) electrons. The van der Waals surface area contributed by atoms with Gasteiger partial charge in [0.1, 0.15) is 11.6 Å². The van der Waals surface area contributed by atoms with E-state index in [4.69, 9.17) is 5.11 Å². The molecule has 2 N–H and O–H groups in total. The Kier molecular flexibility index (Phi) is 4.41. The lowest BCUT2D eigenvalue weighted by Crippen LogP contribution is -2.02. The second-order valence-corrected chi connectivity index (χ2v) is 6.09. The number of nitrogens with one attached hydrogen (secondary N) is 1. The zero-order valence-electron chi connectivity index (χ0n) is 14.8. The van der Waals surface area contributed by atoms with Crippen molar-refractivity contribution in [1.82, 2.24) is 15.0 Å². The summed E-state index contributed by atoms with van der Waals surface area (Å²) >= 11 is 0. The maximum atomic E-state index is 14.6. The molecule has 6 nitrogen and oxygen atoms in total. The maximum Gasteiger partial charge on any atom is 0.338 e. The number of carboxylic acid groups (broad SMARTS) is 1. The van der Waals surface area contributed by atoms with Crippen LogP contribution < -0.4 is 5.32 Å². The van der Waals surface area contributed by atoms with E-state index in [2.05, 4.69) is 20.3 Å². The van der Waals surface area contributed by atoms with Crippen molar-refractivity contribution >= 4 is 22.7 Å². The summed E-state index contributed by atoms with van der Waals surface area (Å²) in [6.07, 6.45) is 3.36. The Morgan fingerprint density at radius 2 is 1.93 bits per heavy atom. The Morgan fingerprint density at radius 1 is 1.07 bits per heavy atom. The Labute approximate surface area is 159 Å². The monoisotopic (exact) mass is 374 g/mol. The maximum absolute atomic E-state index is 14.6. The molecule has 2 heterocycles. The molecule has 0 amide bonds. The molecule has 0 bridgehead atoms. The predicted octanol–water partition coefficient (Wildman–Crippen LogP) is 4.24. The largest absolute Gasteiger partial charge is 0.478 e. The number of anilines is 1. The van der Waals surface area contributed by atoms with Gasteiger partial charge in [-0.15, -0.1) is 0 Å². The molecule has 0 atom stereocenters. The van der Waals surface area contributed by atoms with Crippen molar-refractivity contribution in [3.8, 4) is 22.5 Å². The molecule has 0 fully saturated rings. The molecule has 0 spiro atoms. The van der Waals surface area contributed by atoms with Gasteiger partial charge in [0, 0.05) is 36.0 Å². The zero-order valence-corrected chi connectivity index (χ0v) is 14.8. The Hall–Kier alpha value is -3.87. The van der Waals surface area contributed by atoms with Crippen LogP contribution in [0.25, 0.3) is 33.4 Å². The highest BCUT2D eigenvalue weighted by Crippen LogP contribution is 2.31. The fourth-order valence-electron chi connectivity index (χ4n) is 3.03. The molecule has 0 aliphatic rings. The number of aromatic nitrogens is 3. The van der Waals surface area contributed by atoms with Crippen molar-refractivity contribution in [2.75, 3.05) is 12.4 Å². The van der Waals surface area contributed by atoms with Gasteiger partial charge in [0.25, 0.3) is 0 Å². The average molecular weight is 374 g/mol. The first-order valence-electron chi connectivity index (χ1n) is 8.50. The SMILES string of the molecule is CNc1nc(-c2cccnc2)nc2ccc(-c3cccc(C(=O)O)c3F)cc12. The van der Waals surface area contributed by atoms with E-state index >= 15 is 0 Å². The third-order valence-corrected chi connectivity index (χ3v) is 4.39. The smallest absolute Gasteiger partial charge is 0.338 e. The molecule has 2 aromatic carbocycles. The van der Waals surface area contributed by atoms with Crippen molar-refractivity contribution < 1.29 is 14.3 Å². The minimum Gasteiger partial charge on any atom is -0.478 e. The number of hydrogen-bond acceptors (Lipinski definition) is 5. The molecule has 7 heteroatoms. The van der Waals surface area contributed by atoms with Crippen molar-refractivity contribution in [3.63, 3.8) is 0 Å². The molecule has 0 aliphatic heterocycles. The van der Waals surface area contributed by atoms with Crippen LogP contribution in [-0.2, 0) is 0 Å². The minimum atomic E-state index is -1.31. The summed E-state index contributed by atoms with van der Waals surface area (Å²) in [4.78, 5) is 24.4. The molecule has 4 rings (SSSR count). The van der Waals surface area contributed by atoms with Gasteiger partial charge in [0.05, 0.1) is 11.1 Å². The lowest BCUT2D eigenvalue weighted by atomic mass is 10.0. The Bertz CT molecular complexity index is 1200. The van der Waals surface area contributed by atoms with Crippen LogP contribution in [0.5, 0.6) is 0 Å². The van der Waals surface area contributed by atoms with E-state index < -0.39 is 11.8 Å². The molecule has 0 aliphatic carbocycles. The third kappa shape index (κ3) is 3.03. The number of pyridine rings is 1. The first-order chi connectivity index (χ1) is 13.6. The van der Waals surface area contributed by atoms with E-state index in [-0.39, 0.29) is 11.1 Å². The van der Waals surface area contributed by atoms with Crippen molar-refractivity contribution in [1.29, 1.82) is 0 Å². The van der Waals surface area contributed by atoms with E-state index in [9.17, 15) is 9.18 Å². The lowest BCUT2D eigenvalue weighted by Gasteiger charge is -2.11. The fourth-order valence-corrected chi connectivity index (χ4v) is 3.03. The van der Waals surface area contributed by atoms with Gasteiger partial charge < -0.3 is 10.4 Å². The number of carbonyl (C=O) groups is 1. The summed E-state index contributed by atoms with van der Waals surface area (Å²) in [6.45, 7) is 0. The summed E-state index contributed by atoms with van der Waals surface area (Å²) in [5.74, 6) is -0.967. The highest BCUT2D eigenvalue weighted by molar-refractivity contribution is 5.95. The van der Waals surface area contributed by atoms with Crippen LogP contribution in [-0.4, -0.2) is 33.1 Å². The van der Waals surface area contributed by atoms with Crippen LogP contribution in [0, 0.1) is 5.82 Å². The summed E-state index contributed by atoms with van der Waals surface area (Å²) in [5, 5.41) is 12.9. The predicted molar refractivity (Wildman–Crippen MR) is 105 cm³/mol. The van der Waals surface area contributed by atoms with Crippen molar-refractivity contribution in [2.45, 2.75) is 0 Å². The van der Waals surface area contributed by atoms with Gasteiger partial charge in [-0.2, -0.15) is 0 Å². The fraction of sp³-hybridized carbons (Fsp3) is 0.0476. The van der Waals surface area contributed by atoms with Gasteiger partial charge >= 0.3 is 5.97 Å². The number of rotatable bonds is 4. The number of fused-ring (bicyclic) bond motifs is 1. The normalized spacial score (nSPS) is 10.8. The Morgan fingerprint density at radius 3 is 2.64 bits per heavy atom. The zero-order chi connectivity index (χ0) is 19.7. The van der Waals surface area contributed by atoms with Crippen LogP contribution in [0.4, 0.5) is 10.2 Å². The van der Waals surface area contributed by atoms with Gasteiger partial charge in [-0.05, 0) is 35.9 Å². The first-order valence-corrected chi connectivity index (χ1v) is 8.50. The van der Waals surface area contributed by atoms with Crippen molar-refractivity contribution in [3.05, 3.63) is 72.3 Å². The summed E-state index contributed by atoms with van der Waals surface area (Å²) in [7, 11) is 1.74. The van der Waals surface area contributed by atoms with Gasteiger partial charge in [0.2, 0.25) is 0 Å². The molecule has 0 saturated carbocycles. The summed E-state index contributed by atoms with van der Waals surface area (Å²) in [5.41, 5.74) is 1.85. The molecule has 0 unspecified atom stereocenters. The first kappa shape index (κ1) is 17.5. The van der Waals surface area contributed by atoms with Gasteiger partial charge in [0.15, 0.2) is 5.82 Å². The van der Waals surface area contributed by atoms with Crippen LogP contribution >= 0.6 is 0 Å². The number of hydrogen-bond donors (Lipinski definition) is 2. The van der Waals surface area contributed by atoms with E-state index in [1.165, 1.54) is 12.1 Å². The standard InChI is InChI=1S/C21H15FN4O2/c1-23-20-16-10-12(14-5-2-6-15(18(14)22)21(27)28)7-8-17(16)25-19(26-20)13-4-3-9-24-11-13/h2-11H,1H3,(H,27,28)(H,23,25,26). The second kappa shape index (κ2) is 7.03. The van der Waals surface area contributed by atoms with Crippen LogP contribution in [0.1, 0.15) is 10.4 Å². The number of carboxylic acids is 1. The van der Waals surface area contributed by atoms with Crippen LogP contribution in [0.2, 0.25) is 0 Å². The van der Waals surface area contributed by atoms with Crippen molar-refractivity contribution in [2.24, 2.45) is 0 Å². The van der Waals surface area contributed by atoms with E-state index in [1.807, 2.05) is 12.1 Å². The molecule has 28 heavy (non-hydrogen) atoms. The van der Waals surface area contributed by atoms with Gasteiger partial charge in [-0.3, -0.25) is 4.98 Å². The summed E-state index contributed by atoms with van der Waals surface area (Å²) in [6, 6.07) is 13.2. The second-order valence-electron chi connectivity index (χ2n) is 6.09. The highest BCUT2D eigenvalue weighted by Gasteiger charge is 2.16. The number of benzene rings is 2. The highest BCUT2D eigenvalue weighted by atomic mass is 19.1. The number of nitrogens with zero attached hydrogens (tertiary/aromatic N) is 3. The number of halogens is 1. The average Bonchev–Trinajstić information content (AvgIpc) is 2.73. The molecule has 4 aromatic rings. The quantitative estimate of drug-likeness (QED) is 0.556. The molecule has 0 saturated heterocycles. The van der Waals surface area contributed by atoms with Crippen LogP contribution in [0.3, 0.4) is 0 Å². The van der Waals surface area contributed by atoms with E-state index in [1.54, 1.807) is 43.7 Å². The molecular weight excluding hydrogens is 359 g/mol. The molecule has 2 aromatic heterocycles. The van der Waals surface area contributed by atoms with Gasteiger partial charge in [-0.25, -0.2) is 19.2 Å². The topological polar surface area (TPSA) is 88.0 Å². The van der Waals surface area contributed by atoms with E-state index in [0.717, 1.165) is 5.56 Å². The third-order valence-electron chi connectivity index (χ3n) is 4.39. The minimum absolute atomic E-state index is 0.209. The Balaban J connectivity index is 1.89. The summed E-state index contributed by atoms with van der Waals surface area (Å²) < 4.78 is 14.6. The molecular formula is C21H15FN4O2. The lowest BCUT2D eigenvalue weighted by molar-refractivity contribution is 0.0692. The van der Waals surface area contributed by atoms with Gasteiger partial charge in [-0.1, -0.05) is 18.2 Å². The van der Waals surface area contributed by atoms with Crippen LogP contribution in [0.15, 0.2) is 60.9 Å². The number of aromatic carboxylic acids is 1. The van der Waals surface area contributed by atoms with E-state index in [0.29, 0.717) is 28.1 Å².